The molecule has 3 N–H and O–H groups in total. The third-order valence-corrected chi connectivity index (χ3v) is 5.14. The van der Waals surface area contributed by atoms with Crippen molar-refractivity contribution in [2.24, 2.45) is 0 Å². The minimum absolute atomic E-state index is 0.103. The average Bonchev–Trinajstić information content (AvgIpc) is 3.18. The van der Waals surface area contributed by atoms with Crippen LogP contribution < -0.4 is 11.1 Å². The molecule has 3 heterocycles. The third kappa shape index (κ3) is 3.80. The van der Waals surface area contributed by atoms with Crippen LogP contribution in [0.5, 0.6) is 0 Å². The first-order valence-electron chi connectivity index (χ1n) is 9.25. The number of H-pyrrole nitrogens is 3. The highest BCUT2D eigenvalue weighted by Gasteiger charge is 2.30. The molecule has 0 radical (unpaired) electrons. The minimum atomic E-state index is -0.451. The molecule has 1 aliphatic rings. The Balaban J connectivity index is 1.49. The SMILES string of the molecule is O=C(Cc1cc(=O)[nH][nH]c1=O)N1Cc2[nH]cnc2C(CCc2ccccc2)C1. The van der Waals surface area contributed by atoms with Crippen molar-refractivity contribution >= 4 is 5.91 Å². The molecular weight excluding hydrogens is 358 g/mol. The summed E-state index contributed by atoms with van der Waals surface area (Å²) in [7, 11) is 0. The third-order valence-electron chi connectivity index (χ3n) is 5.14. The van der Waals surface area contributed by atoms with Crippen LogP contribution in [0, 0.1) is 0 Å². The van der Waals surface area contributed by atoms with Crippen LogP contribution in [0.3, 0.4) is 0 Å². The molecule has 1 unspecified atom stereocenters. The fraction of sp³-hybridized carbons (Fsp3) is 0.300. The van der Waals surface area contributed by atoms with E-state index in [4.69, 9.17) is 0 Å². The van der Waals surface area contributed by atoms with Crippen molar-refractivity contribution in [1.29, 1.82) is 0 Å². The van der Waals surface area contributed by atoms with Gasteiger partial charge in [0.1, 0.15) is 0 Å². The van der Waals surface area contributed by atoms with Gasteiger partial charge in [0, 0.05) is 24.1 Å². The molecule has 4 rings (SSSR count). The van der Waals surface area contributed by atoms with Crippen LogP contribution in [0.1, 0.15) is 34.9 Å². The Hall–Kier alpha value is -3.42. The molecule has 1 aliphatic heterocycles. The van der Waals surface area contributed by atoms with Crippen LogP contribution in [-0.4, -0.2) is 37.5 Å². The van der Waals surface area contributed by atoms with Crippen molar-refractivity contribution in [3.05, 3.63) is 85.9 Å². The topological polar surface area (TPSA) is 115 Å². The first-order chi connectivity index (χ1) is 13.6. The molecule has 0 saturated carbocycles. The van der Waals surface area contributed by atoms with E-state index in [1.54, 1.807) is 11.2 Å². The van der Waals surface area contributed by atoms with Crippen LogP contribution in [0.15, 0.2) is 52.3 Å². The van der Waals surface area contributed by atoms with Crippen LogP contribution in [0.2, 0.25) is 0 Å². The van der Waals surface area contributed by atoms with Crippen LogP contribution >= 0.6 is 0 Å². The Morgan fingerprint density at radius 2 is 2.00 bits per heavy atom. The lowest BCUT2D eigenvalue weighted by Crippen LogP contribution is -2.40. The van der Waals surface area contributed by atoms with Gasteiger partial charge < -0.3 is 9.88 Å². The van der Waals surface area contributed by atoms with Crippen molar-refractivity contribution in [2.75, 3.05) is 6.54 Å². The predicted molar refractivity (Wildman–Crippen MR) is 103 cm³/mol. The molecule has 8 nitrogen and oxygen atoms in total. The summed E-state index contributed by atoms with van der Waals surface area (Å²) in [6, 6.07) is 11.4. The lowest BCUT2D eigenvalue weighted by atomic mass is 9.91. The summed E-state index contributed by atoms with van der Waals surface area (Å²) in [6.07, 6.45) is 3.33. The molecule has 0 fully saturated rings. The maximum atomic E-state index is 12.8. The molecule has 2 aromatic heterocycles. The number of hydrogen-bond acceptors (Lipinski definition) is 4. The fourth-order valence-corrected chi connectivity index (χ4v) is 3.69. The van der Waals surface area contributed by atoms with Crippen molar-refractivity contribution in [3.63, 3.8) is 0 Å². The molecule has 1 amide bonds. The summed E-state index contributed by atoms with van der Waals surface area (Å²) >= 11 is 0. The molecule has 1 aromatic carbocycles. The van der Waals surface area contributed by atoms with Crippen molar-refractivity contribution < 1.29 is 4.79 Å². The van der Waals surface area contributed by atoms with E-state index in [1.807, 2.05) is 18.2 Å². The number of imidazole rings is 1. The van der Waals surface area contributed by atoms with Gasteiger partial charge in [0.15, 0.2) is 0 Å². The monoisotopic (exact) mass is 379 g/mol. The second-order valence-corrected chi connectivity index (χ2v) is 7.05. The zero-order chi connectivity index (χ0) is 19.5. The van der Waals surface area contributed by atoms with Gasteiger partial charge in [0.2, 0.25) is 5.91 Å². The number of aryl methyl sites for hydroxylation is 1. The molecule has 28 heavy (non-hydrogen) atoms. The fourth-order valence-electron chi connectivity index (χ4n) is 3.69. The molecule has 0 aliphatic carbocycles. The van der Waals surface area contributed by atoms with E-state index in [0.29, 0.717) is 13.1 Å². The standard InChI is InChI=1S/C20H21N5O3/c26-17-8-15(20(28)24-23-17)9-18(27)25-10-14(19-16(11-25)21-12-22-19)7-6-13-4-2-1-3-5-13/h1-5,8,12,14H,6-7,9-11H2,(H,21,22)(H,23,26)(H,24,28). The average molecular weight is 379 g/mol. The molecule has 1 atom stereocenters. The predicted octanol–water partition coefficient (Wildman–Crippen LogP) is 1.09. The number of aromatic amines is 3. The highest BCUT2D eigenvalue weighted by molar-refractivity contribution is 5.79. The number of benzene rings is 1. The van der Waals surface area contributed by atoms with E-state index in [-0.39, 0.29) is 23.8 Å². The number of nitrogens with zero attached hydrogens (tertiary/aromatic N) is 2. The van der Waals surface area contributed by atoms with Gasteiger partial charge in [0.05, 0.1) is 30.7 Å². The maximum absolute atomic E-state index is 12.8. The summed E-state index contributed by atoms with van der Waals surface area (Å²) < 4.78 is 0. The van der Waals surface area contributed by atoms with Crippen molar-refractivity contribution in [3.8, 4) is 0 Å². The number of carbonyl (C=O) groups excluding carboxylic acids is 1. The Kier molecular flexibility index (Phi) is 4.92. The molecule has 0 bridgehead atoms. The zero-order valence-electron chi connectivity index (χ0n) is 15.3. The highest BCUT2D eigenvalue weighted by atomic mass is 16.2. The Labute approximate surface area is 160 Å². The van der Waals surface area contributed by atoms with Gasteiger partial charge >= 0.3 is 0 Å². The molecule has 0 saturated heterocycles. The van der Waals surface area contributed by atoms with Crippen LogP contribution in [0.4, 0.5) is 0 Å². The Bertz CT molecular complexity index is 1080. The summed E-state index contributed by atoms with van der Waals surface area (Å²) in [5.41, 5.74) is 2.47. The van der Waals surface area contributed by atoms with Gasteiger partial charge in [-0.15, -0.1) is 0 Å². The summed E-state index contributed by atoms with van der Waals surface area (Å²) in [5, 5.41) is 4.47. The minimum Gasteiger partial charge on any atom is -0.347 e. The molecular formula is C20H21N5O3. The Morgan fingerprint density at radius 3 is 2.82 bits per heavy atom. The van der Waals surface area contributed by atoms with E-state index >= 15 is 0 Å². The van der Waals surface area contributed by atoms with Gasteiger partial charge in [-0.05, 0) is 18.4 Å². The molecule has 144 valence electrons. The lowest BCUT2D eigenvalue weighted by Gasteiger charge is -2.32. The maximum Gasteiger partial charge on any atom is 0.266 e. The van der Waals surface area contributed by atoms with Gasteiger partial charge in [-0.25, -0.2) is 4.98 Å². The largest absolute Gasteiger partial charge is 0.347 e. The molecule has 8 heteroatoms. The summed E-state index contributed by atoms with van der Waals surface area (Å²) in [6.45, 7) is 0.974. The molecule has 0 spiro atoms. The van der Waals surface area contributed by atoms with Gasteiger partial charge in [0.25, 0.3) is 11.1 Å². The quantitative estimate of drug-likeness (QED) is 0.615. The lowest BCUT2D eigenvalue weighted by molar-refractivity contribution is -0.131. The number of nitrogens with one attached hydrogen (secondary N) is 3. The van der Waals surface area contributed by atoms with E-state index in [1.165, 1.54) is 11.6 Å². The number of amides is 1. The highest BCUT2D eigenvalue weighted by Crippen LogP contribution is 2.29. The van der Waals surface area contributed by atoms with E-state index in [0.717, 1.165) is 24.2 Å². The van der Waals surface area contributed by atoms with Gasteiger partial charge in [-0.2, -0.15) is 0 Å². The molecule has 3 aromatic rings. The number of carbonyl (C=O) groups is 1. The van der Waals surface area contributed by atoms with Gasteiger partial charge in [-0.1, -0.05) is 30.3 Å². The number of hydrogen-bond donors (Lipinski definition) is 3. The van der Waals surface area contributed by atoms with E-state index in [9.17, 15) is 14.4 Å². The Morgan fingerprint density at radius 1 is 1.18 bits per heavy atom. The van der Waals surface area contributed by atoms with Crippen molar-refractivity contribution in [1.82, 2.24) is 25.1 Å². The summed E-state index contributed by atoms with van der Waals surface area (Å²) in [4.78, 5) is 45.4. The van der Waals surface area contributed by atoms with Crippen LogP contribution in [-0.2, 0) is 24.2 Å². The first-order valence-corrected chi connectivity index (χ1v) is 9.25. The number of rotatable bonds is 5. The normalized spacial score (nSPS) is 16.0. The smallest absolute Gasteiger partial charge is 0.266 e. The van der Waals surface area contributed by atoms with Crippen molar-refractivity contribution in [2.45, 2.75) is 31.7 Å². The zero-order valence-corrected chi connectivity index (χ0v) is 15.3. The second-order valence-electron chi connectivity index (χ2n) is 7.05. The summed E-state index contributed by atoms with van der Waals surface area (Å²) in [5.74, 6) is -0.0577. The van der Waals surface area contributed by atoms with Gasteiger partial charge in [-0.3, -0.25) is 24.6 Å². The first kappa shape index (κ1) is 18.0. The number of aromatic nitrogens is 4. The van der Waals surface area contributed by atoms with E-state index in [2.05, 4.69) is 32.3 Å². The van der Waals surface area contributed by atoms with E-state index < -0.39 is 11.1 Å². The van der Waals surface area contributed by atoms with Crippen LogP contribution in [0.25, 0.3) is 0 Å². The second kappa shape index (κ2) is 7.67. The number of fused-ring (bicyclic) bond motifs is 1.